The highest BCUT2D eigenvalue weighted by molar-refractivity contribution is 5.90. The highest BCUT2D eigenvalue weighted by Crippen LogP contribution is 2.25. The van der Waals surface area contributed by atoms with Crippen LogP contribution in [0.2, 0.25) is 0 Å². The zero-order valence-electron chi connectivity index (χ0n) is 14.3. The molecule has 2 aromatic heterocycles. The molecule has 7 nitrogen and oxygen atoms in total. The van der Waals surface area contributed by atoms with E-state index < -0.39 is 0 Å². The SMILES string of the molecule is Cc1nnc([C@H]2CN(C(=O)Cc3c(C)[nH]c4ccccc34)CCO2)o1. The highest BCUT2D eigenvalue weighted by Gasteiger charge is 2.29. The van der Waals surface area contributed by atoms with Gasteiger partial charge in [-0.15, -0.1) is 10.2 Å². The molecule has 1 aliphatic rings. The van der Waals surface area contributed by atoms with Gasteiger partial charge in [0.1, 0.15) is 0 Å². The molecule has 1 saturated heterocycles. The van der Waals surface area contributed by atoms with E-state index in [0.29, 0.717) is 37.9 Å². The second-order valence-electron chi connectivity index (χ2n) is 6.31. The maximum Gasteiger partial charge on any atom is 0.246 e. The fourth-order valence-corrected chi connectivity index (χ4v) is 3.29. The zero-order valence-corrected chi connectivity index (χ0v) is 14.3. The lowest BCUT2D eigenvalue weighted by Crippen LogP contribution is -2.43. The quantitative estimate of drug-likeness (QED) is 0.791. The number of carbonyl (C=O) groups is 1. The molecule has 1 aromatic carbocycles. The number of carbonyl (C=O) groups excluding carboxylic acids is 1. The number of nitrogens with zero attached hydrogens (tertiary/aromatic N) is 3. The summed E-state index contributed by atoms with van der Waals surface area (Å²) in [6, 6.07) is 8.05. The topological polar surface area (TPSA) is 84.2 Å². The molecule has 0 spiro atoms. The number of benzene rings is 1. The molecule has 1 N–H and O–H groups in total. The molecule has 1 fully saturated rings. The third-order valence-corrected chi connectivity index (χ3v) is 4.59. The summed E-state index contributed by atoms with van der Waals surface area (Å²) in [6.45, 7) is 5.21. The van der Waals surface area contributed by atoms with Crippen molar-refractivity contribution in [1.29, 1.82) is 0 Å². The van der Waals surface area contributed by atoms with Crippen LogP contribution >= 0.6 is 0 Å². The molecule has 7 heteroatoms. The van der Waals surface area contributed by atoms with Crippen LogP contribution in [0, 0.1) is 13.8 Å². The number of hydrogen-bond acceptors (Lipinski definition) is 5. The maximum absolute atomic E-state index is 12.8. The number of aryl methyl sites for hydroxylation is 2. The Hall–Kier alpha value is -2.67. The van der Waals surface area contributed by atoms with Crippen LogP contribution in [0.25, 0.3) is 10.9 Å². The van der Waals surface area contributed by atoms with E-state index in [0.717, 1.165) is 22.2 Å². The Morgan fingerprint density at radius 3 is 2.96 bits per heavy atom. The third-order valence-electron chi connectivity index (χ3n) is 4.59. The first-order chi connectivity index (χ1) is 12.1. The van der Waals surface area contributed by atoms with Crippen molar-refractivity contribution in [3.05, 3.63) is 47.3 Å². The first-order valence-electron chi connectivity index (χ1n) is 8.37. The number of ether oxygens (including phenoxy) is 1. The van der Waals surface area contributed by atoms with Gasteiger partial charge in [-0.1, -0.05) is 18.2 Å². The number of aromatic amines is 1. The van der Waals surface area contributed by atoms with Gasteiger partial charge in [-0.05, 0) is 18.6 Å². The van der Waals surface area contributed by atoms with E-state index in [4.69, 9.17) is 9.15 Å². The van der Waals surface area contributed by atoms with E-state index in [9.17, 15) is 4.79 Å². The summed E-state index contributed by atoms with van der Waals surface area (Å²) in [6.07, 6.45) is 0.00813. The summed E-state index contributed by atoms with van der Waals surface area (Å²) >= 11 is 0. The fourth-order valence-electron chi connectivity index (χ4n) is 3.29. The molecule has 0 bridgehead atoms. The highest BCUT2D eigenvalue weighted by atomic mass is 16.5. The average molecular weight is 340 g/mol. The Morgan fingerprint density at radius 1 is 1.32 bits per heavy atom. The molecule has 0 aliphatic carbocycles. The molecule has 25 heavy (non-hydrogen) atoms. The van der Waals surface area contributed by atoms with Crippen molar-refractivity contribution in [2.75, 3.05) is 19.7 Å². The van der Waals surface area contributed by atoms with Crippen molar-refractivity contribution < 1.29 is 13.9 Å². The third kappa shape index (κ3) is 3.02. The Balaban J connectivity index is 1.51. The van der Waals surface area contributed by atoms with Gasteiger partial charge in [-0.25, -0.2) is 0 Å². The van der Waals surface area contributed by atoms with E-state index in [1.165, 1.54) is 0 Å². The monoisotopic (exact) mass is 340 g/mol. The van der Waals surface area contributed by atoms with Gasteiger partial charge < -0.3 is 19.0 Å². The second-order valence-corrected chi connectivity index (χ2v) is 6.31. The fraction of sp³-hybridized carbons (Fsp3) is 0.389. The van der Waals surface area contributed by atoms with E-state index in [-0.39, 0.29) is 12.0 Å². The lowest BCUT2D eigenvalue weighted by atomic mass is 10.1. The summed E-state index contributed by atoms with van der Waals surface area (Å²) in [5.41, 5.74) is 3.15. The Labute approximate surface area is 145 Å². The van der Waals surface area contributed by atoms with Crippen molar-refractivity contribution in [2.45, 2.75) is 26.4 Å². The van der Waals surface area contributed by atoms with Gasteiger partial charge in [0.25, 0.3) is 0 Å². The lowest BCUT2D eigenvalue weighted by Gasteiger charge is -2.31. The van der Waals surface area contributed by atoms with Gasteiger partial charge in [-0.2, -0.15) is 0 Å². The minimum absolute atomic E-state index is 0.0809. The van der Waals surface area contributed by atoms with Crippen molar-refractivity contribution in [1.82, 2.24) is 20.1 Å². The molecule has 1 amide bonds. The Morgan fingerprint density at radius 2 is 2.16 bits per heavy atom. The van der Waals surface area contributed by atoms with Crippen molar-refractivity contribution in [3.63, 3.8) is 0 Å². The molecule has 4 rings (SSSR count). The summed E-state index contributed by atoms with van der Waals surface area (Å²) in [4.78, 5) is 18.0. The number of H-pyrrole nitrogens is 1. The molecule has 1 aliphatic heterocycles. The number of fused-ring (bicyclic) bond motifs is 1. The van der Waals surface area contributed by atoms with E-state index in [1.54, 1.807) is 6.92 Å². The van der Waals surface area contributed by atoms with Gasteiger partial charge in [0.15, 0.2) is 6.10 Å². The van der Waals surface area contributed by atoms with Crippen molar-refractivity contribution in [2.24, 2.45) is 0 Å². The molecule has 0 radical (unpaired) electrons. The van der Waals surface area contributed by atoms with Crippen molar-refractivity contribution in [3.8, 4) is 0 Å². The number of rotatable bonds is 3. The molecule has 0 unspecified atom stereocenters. The van der Waals surface area contributed by atoms with Crippen LogP contribution in [0.5, 0.6) is 0 Å². The largest absolute Gasteiger partial charge is 0.423 e. The zero-order chi connectivity index (χ0) is 17.4. The van der Waals surface area contributed by atoms with Crippen molar-refractivity contribution >= 4 is 16.8 Å². The van der Waals surface area contributed by atoms with Crippen LogP contribution in [0.3, 0.4) is 0 Å². The molecule has 3 aromatic rings. The minimum atomic E-state index is -0.358. The molecule has 3 heterocycles. The first kappa shape index (κ1) is 15.8. The van der Waals surface area contributed by atoms with Crippen LogP contribution in [0.4, 0.5) is 0 Å². The van der Waals surface area contributed by atoms with Crippen LogP contribution in [0.15, 0.2) is 28.7 Å². The summed E-state index contributed by atoms with van der Waals surface area (Å²) in [5.74, 6) is 1.01. The Bertz CT molecular complexity index is 914. The Kier molecular flexibility index (Phi) is 4.01. The molecular weight excluding hydrogens is 320 g/mol. The van der Waals surface area contributed by atoms with Gasteiger partial charge >= 0.3 is 0 Å². The van der Waals surface area contributed by atoms with Crippen LogP contribution in [0.1, 0.15) is 29.1 Å². The van der Waals surface area contributed by atoms with Gasteiger partial charge in [0, 0.05) is 30.1 Å². The molecule has 130 valence electrons. The summed E-state index contributed by atoms with van der Waals surface area (Å²) in [7, 11) is 0. The van der Waals surface area contributed by atoms with Crippen LogP contribution < -0.4 is 0 Å². The van der Waals surface area contributed by atoms with Crippen LogP contribution in [-0.2, 0) is 16.0 Å². The van der Waals surface area contributed by atoms with Gasteiger partial charge in [0.05, 0.1) is 19.6 Å². The van der Waals surface area contributed by atoms with E-state index >= 15 is 0 Å². The van der Waals surface area contributed by atoms with E-state index in [1.807, 2.05) is 36.1 Å². The predicted molar refractivity (Wildman–Crippen MR) is 91.0 cm³/mol. The molecular formula is C18H20N4O3. The maximum atomic E-state index is 12.8. The standard InChI is InChI=1S/C18H20N4O3/c1-11-14(13-5-3-4-6-15(13)19-11)9-17(23)22-7-8-24-16(10-22)18-21-20-12(2)25-18/h3-6,16,19H,7-10H2,1-2H3/t16-/m1/s1. The number of nitrogens with one attached hydrogen (secondary N) is 1. The summed E-state index contributed by atoms with van der Waals surface area (Å²) in [5, 5.41) is 8.95. The number of para-hydroxylation sites is 1. The van der Waals surface area contributed by atoms with Gasteiger partial charge in [0.2, 0.25) is 17.7 Å². The number of morpholine rings is 1. The smallest absolute Gasteiger partial charge is 0.246 e. The van der Waals surface area contributed by atoms with Crippen LogP contribution in [-0.4, -0.2) is 45.7 Å². The number of hydrogen-bond donors (Lipinski definition) is 1. The molecule has 1 atom stereocenters. The summed E-state index contributed by atoms with van der Waals surface area (Å²) < 4.78 is 11.1. The minimum Gasteiger partial charge on any atom is -0.423 e. The van der Waals surface area contributed by atoms with Gasteiger partial charge in [-0.3, -0.25) is 4.79 Å². The lowest BCUT2D eigenvalue weighted by molar-refractivity contribution is -0.139. The predicted octanol–water partition coefficient (Wildman–Crippen LogP) is 2.31. The van der Waals surface area contributed by atoms with E-state index in [2.05, 4.69) is 15.2 Å². The first-order valence-corrected chi connectivity index (χ1v) is 8.37. The normalized spacial score (nSPS) is 18.0. The number of aromatic nitrogens is 3. The molecule has 0 saturated carbocycles. The number of amides is 1. The second kappa shape index (κ2) is 6.33. The average Bonchev–Trinajstić information content (AvgIpc) is 3.19.